The normalized spacial score (nSPS) is 13.3. The zero-order valence-corrected chi connectivity index (χ0v) is 7.27. The van der Waals surface area contributed by atoms with E-state index in [0.29, 0.717) is 11.8 Å². The third kappa shape index (κ3) is 3.49. The van der Waals surface area contributed by atoms with E-state index in [0.717, 1.165) is 6.42 Å². The van der Waals surface area contributed by atoms with E-state index >= 15 is 0 Å². The van der Waals surface area contributed by atoms with Crippen molar-refractivity contribution in [2.24, 2.45) is 11.8 Å². The van der Waals surface area contributed by atoms with Gasteiger partial charge in [-0.2, -0.15) is 0 Å². The van der Waals surface area contributed by atoms with Crippen LogP contribution in [0.15, 0.2) is 0 Å². The lowest BCUT2D eigenvalue weighted by Gasteiger charge is -2.13. The van der Waals surface area contributed by atoms with E-state index in [2.05, 4.69) is 13.8 Å². The molecule has 0 fully saturated rings. The number of methoxy groups -OCH3 is 1. The second-order valence-corrected chi connectivity index (χ2v) is 3.10. The van der Waals surface area contributed by atoms with Crippen LogP contribution in [0.1, 0.15) is 27.2 Å². The summed E-state index contributed by atoms with van der Waals surface area (Å²) < 4.78 is 4.80. The van der Waals surface area contributed by atoms with E-state index in [9.17, 15) is 0 Å². The van der Waals surface area contributed by atoms with Crippen LogP contribution in [0.25, 0.3) is 0 Å². The fourth-order valence-corrected chi connectivity index (χ4v) is 1.02. The van der Waals surface area contributed by atoms with Crippen molar-refractivity contribution in [3.63, 3.8) is 0 Å². The summed E-state index contributed by atoms with van der Waals surface area (Å²) in [6, 6.07) is 0. The van der Waals surface area contributed by atoms with Crippen molar-refractivity contribution in [1.29, 1.82) is 5.41 Å². The van der Waals surface area contributed by atoms with Crippen molar-refractivity contribution in [2.45, 2.75) is 27.2 Å². The molecule has 0 aliphatic heterocycles. The first-order valence-electron chi connectivity index (χ1n) is 3.70. The van der Waals surface area contributed by atoms with Crippen LogP contribution in [-0.2, 0) is 4.74 Å². The van der Waals surface area contributed by atoms with Gasteiger partial charge in [0.1, 0.15) is 0 Å². The summed E-state index contributed by atoms with van der Waals surface area (Å²) in [6.45, 7) is 6.32. The second kappa shape index (κ2) is 4.31. The number of hydrogen-bond donors (Lipinski definition) is 1. The van der Waals surface area contributed by atoms with E-state index in [-0.39, 0.29) is 5.92 Å². The molecule has 1 unspecified atom stereocenters. The van der Waals surface area contributed by atoms with Crippen molar-refractivity contribution in [1.82, 2.24) is 0 Å². The van der Waals surface area contributed by atoms with Gasteiger partial charge in [0, 0.05) is 5.92 Å². The Morgan fingerprint density at radius 2 is 1.90 bits per heavy atom. The van der Waals surface area contributed by atoms with E-state index < -0.39 is 0 Å². The second-order valence-electron chi connectivity index (χ2n) is 3.10. The van der Waals surface area contributed by atoms with Crippen LogP contribution in [0.4, 0.5) is 0 Å². The van der Waals surface area contributed by atoms with E-state index in [4.69, 9.17) is 10.1 Å². The highest BCUT2D eigenvalue weighted by Crippen LogP contribution is 2.11. The molecule has 0 aromatic carbocycles. The summed E-state index contributed by atoms with van der Waals surface area (Å²) in [5.74, 6) is 1.31. The Morgan fingerprint density at radius 3 is 2.20 bits per heavy atom. The minimum absolute atomic E-state index is 0.269. The predicted molar refractivity (Wildman–Crippen MR) is 43.4 cm³/mol. The van der Waals surface area contributed by atoms with Crippen LogP contribution in [0.2, 0.25) is 0 Å². The highest BCUT2D eigenvalue weighted by Gasteiger charge is 2.09. The molecule has 0 rings (SSSR count). The first-order valence-corrected chi connectivity index (χ1v) is 3.70. The van der Waals surface area contributed by atoms with Crippen LogP contribution < -0.4 is 0 Å². The van der Waals surface area contributed by atoms with Crippen molar-refractivity contribution in [3.8, 4) is 0 Å². The molecular weight excluding hydrogens is 126 g/mol. The van der Waals surface area contributed by atoms with Gasteiger partial charge in [-0.3, -0.25) is 5.41 Å². The summed E-state index contributed by atoms with van der Waals surface area (Å²) in [7, 11) is 1.55. The highest BCUT2D eigenvalue weighted by molar-refractivity contribution is 5.74. The Labute approximate surface area is 63.1 Å². The molecule has 2 nitrogen and oxygen atoms in total. The maximum atomic E-state index is 7.31. The fourth-order valence-electron chi connectivity index (χ4n) is 1.02. The molecule has 0 aromatic rings. The molecule has 10 heavy (non-hydrogen) atoms. The zero-order valence-electron chi connectivity index (χ0n) is 7.27. The molecule has 0 aliphatic rings. The average Bonchev–Trinajstić information content (AvgIpc) is 1.85. The molecular formula is C8H17NO. The monoisotopic (exact) mass is 143 g/mol. The van der Waals surface area contributed by atoms with Crippen molar-refractivity contribution in [3.05, 3.63) is 0 Å². The summed E-state index contributed by atoms with van der Waals surface area (Å²) in [5.41, 5.74) is 0. The van der Waals surface area contributed by atoms with Gasteiger partial charge in [0.05, 0.1) is 7.11 Å². The largest absolute Gasteiger partial charge is 0.484 e. The van der Waals surface area contributed by atoms with Gasteiger partial charge in [0.25, 0.3) is 0 Å². The Bertz CT molecular complexity index is 110. The molecule has 0 radical (unpaired) electrons. The number of ether oxygens (including phenoxy) is 1. The smallest absolute Gasteiger partial charge is 0.182 e. The Morgan fingerprint density at radius 1 is 1.40 bits per heavy atom. The van der Waals surface area contributed by atoms with Gasteiger partial charge < -0.3 is 4.74 Å². The summed E-state index contributed by atoms with van der Waals surface area (Å²) in [5, 5.41) is 7.31. The zero-order chi connectivity index (χ0) is 8.15. The molecule has 0 spiro atoms. The molecule has 0 saturated carbocycles. The Balaban J connectivity index is 3.61. The standard InChI is InChI=1S/C8H17NO/c1-6(2)5-7(3)8(9)10-4/h6-7,9H,5H2,1-4H3. The topological polar surface area (TPSA) is 33.1 Å². The minimum atomic E-state index is 0.269. The van der Waals surface area contributed by atoms with Crippen molar-refractivity contribution < 1.29 is 4.74 Å². The molecule has 2 heteroatoms. The number of hydrogen-bond acceptors (Lipinski definition) is 2. The van der Waals surface area contributed by atoms with Gasteiger partial charge in [-0.05, 0) is 12.3 Å². The lowest BCUT2D eigenvalue weighted by Crippen LogP contribution is -2.13. The van der Waals surface area contributed by atoms with Crippen LogP contribution in [0.5, 0.6) is 0 Å². The van der Waals surface area contributed by atoms with Gasteiger partial charge in [-0.15, -0.1) is 0 Å². The average molecular weight is 143 g/mol. The Kier molecular flexibility index (Phi) is 4.08. The van der Waals surface area contributed by atoms with E-state index in [1.165, 1.54) is 0 Å². The number of nitrogens with one attached hydrogen (secondary N) is 1. The van der Waals surface area contributed by atoms with Crippen LogP contribution in [0, 0.1) is 17.2 Å². The lowest BCUT2D eigenvalue weighted by molar-refractivity contribution is 0.349. The summed E-state index contributed by atoms with van der Waals surface area (Å²) >= 11 is 0. The van der Waals surface area contributed by atoms with Gasteiger partial charge in [0.2, 0.25) is 0 Å². The van der Waals surface area contributed by atoms with Gasteiger partial charge in [0.15, 0.2) is 5.90 Å². The van der Waals surface area contributed by atoms with Crippen LogP contribution in [0.3, 0.4) is 0 Å². The molecule has 1 N–H and O–H groups in total. The third-order valence-electron chi connectivity index (χ3n) is 1.49. The molecule has 0 saturated heterocycles. The van der Waals surface area contributed by atoms with Crippen LogP contribution >= 0.6 is 0 Å². The predicted octanol–water partition coefficient (Wildman–Crippen LogP) is 2.29. The van der Waals surface area contributed by atoms with Gasteiger partial charge in [-0.1, -0.05) is 20.8 Å². The minimum Gasteiger partial charge on any atom is -0.484 e. The molecule has 0 bridgehead atoms. The summed E-state index contributed by atoms with van der Waals surface area (Å²) in [6.07, 6.45) is 1.03. The molecule has 0 aliphatic carbocycles. The van der Waals surface area contributed by atoms with Crippen molar-refractivity contribution >= 4 is 5.90 Å². The van der Waals surface area contributed by atoms with E-state index in [1.54, 1.807) is 7.11 Å². The molecule has 0 aromatic heterocycles. The maximum Gasteiger partial charge on any atom is 0.182 e. The number of rotatable bonds is 3. The van der Waals surface area contributed by atoms with Crippen LogP contribution in [-0.4, -0.2) is 13.0 Å². The molecule has 0 amide bonds. The summed E-state index contributed by atoms with van der Waals surface area (Å²) in [4.78, 5) is 0. The van der Waals surface area contributed by atoms with E-state index in [1.807, 2.05) is 6.92 Å². The Hall–Kier alpha value is -0.530. The van der Waals surface area contributed by atoms with Gasteiger partial charge in [-0.25, -0.2) is 0 Å². The van der Waals surface area contributed by atoms with Gasteiger partial charge >= 0.3 is 0 Å². The fraction of sp³-hybridized carbons (Fsp3) is 0.875. The highest BCUT2D eigenvalue weighted by atomic mass is 16.5. The first kappa shape index (κ1) is 9.47. The third-order valence-corrected chi connectivity index (χ3v) is 1.49. The van der Waals surface area contributed by atoms with Crippen molar-refractivity contribution in [2.75, 3.05) is 7.11 Å². The molecule has 0 heterocycles. The molecule has 60 valence electrons. The quantitative estimate of drug-likeness (QED) is 0.477. The lowest BCUT2D eigenvalue weighted by atomic mass is 9.99. The first-order chi connectivity index (χ1) is 4.57. The molecule has 1 atom stereocenters. The maximum absolute atomic E-state index is 7.31. The SMILES string of the molecule is COC(=N)C(C)CC(C)C.